The van der Waals surface area contributed by atoms with Crippen molar-refractivity contribution in [1.29, 1.82) is 0 Å². The fraction of sp³-hybridized carbons (Fsp3) is 1.00. The molecule has 0 radical (unpaired) electrons. The summed E-state index contributed by atoms with van der Waals surface area (Å²) in [5.74, 6) is 0.390. The summed E-state index contributed by atoms with van der Waals surface area (Å²) in [5.41, 5.74) is 22.9. The molecule has 92 valence electrons. The van der Waals surface area contributed by atoms with Crippen LogP contribution in [0.3, 0.4) is 0 Å². The van der Waals surface area contributed by atoms with Crippen LogP contribution in [-0.4, -0.2) is 25.2 Å². The first kappa shape index (κ1) is 14.8. The van der Waals surface area contributed by atoms with Crippen LogP contribution in [0.5, 0.6) is 0 Å². The van der Waals surface area contributed by atoms with Crippen molar-refractivity contribution in [2.45, 2.75) is 51.1 Å². The van der Waals surface area contributed by atoms with Crippen molar-refractivity contribution >= 4 is 0 Å². The molecule has 0 fully saturated rings. The van der Waals surface area contributed by atoms with Crippen molar-refractivity contribution in [1.82, 2.24) is 0 Å². The molecule has 0 aliphatic carbocycles. The molecule has 0 amide bonds. The SMILES string of the molecule is CC(CN)C(N)CCC(N)CCCCN. The van der Waals surface area contributed by atoms with Crippen LogP contribution in [0, 0.1) is 5.92 Å². The summed E-state index contributed by atoms with van der Waals surface area (Å²) in [6, 6.07) is 0.461. The summed E-state index contributed by atoms with van der Waals surface area (Å²) in [6.07, 6.45) is 5.22. The number of rotatable bonds is 9. The van der Waals surface area contributed by atoms with Gasteiger partial charge in [0.1, 0.15) is 0 Å². The Balaban J connectivity index is 3.48. The van der Waals surface area contributed by atoms with Gasteiger partial charge in [-0.15, -0.1) is 0 Å². The molecule has 8 N–H and O–H groups in total. The highest BCUT2D eigenvalue weighted by atomic mass is 14.7. The van der Waals surface area contributed by atoms with Crippen molar-refractivity contribution in [3.05, 3.63) is 0 Å². The quantitative estimate of drug-likeness (QED) is 0.412. The summed E-state index contributed by atoms with van der Waals surface area (Å²) in [6.45, 7) is 3.50. The minimum Gasteiger partial charge on any atom is -0.330 e. The van der Waals surface area contributed by atoms with Crippen molar-refractivity contribution < 1.29 is 0 Å². The smallest absolute Gasteiger partial charge is 0.00771 e. The molecule has 0 aromatic carbocycles. The van der Waals surface area contributed by atoms with Crippen LogP contribution in [0.4, 0.5) is 0 Å². The Morgan fingerprint density at radius 1 is 0.933 bits per heavy atom. The van der Waals surface area contributed by atoms with Crippen LogP contribution in [0.2, 0.25) is 0 Å². The largest absolute Gasteiger partial charge is 0.330 e. The minimum absolute atomic E-state index is 0.190. The van der Waals surface area contributed by atoms with E-state index in [2.05, 4.69) is 6.92 Å². The lowest BCUT2D eigenvalue weighted by atomic mass is 9.95. The number of nitrogens with two attached hydrogens (primary N) is 4. The molecule has 3 unspecified atom stereocenters. The van der Waals surface area contributed by atoms with E-state index in [1.807, 2.05) is 0 Å². The van der Waals surface area contributed by atoms with Gasteiger partial charge in [0.05, 0.1) is 0 Å². The lowest BCUT2D eigenvalue weighted by Crippen LogP contribution is -2.35. The Labute approximate surface area is 93.7 Å². The van der Waals surface area contributed by atoms with E-state index < -0.39 is 0 Å². The normalized spacial score (nSPS) is 17.4. The maximum atomic E-state index is 5.98. The Kier molecular flexibility index (Phi) is 9.00. The van der Waals surface area contributed by atoms with E-state index in [4.69, 9.17) is 22.9 Å². The van der Waals surface area contributed by atoms with Gasteiger partial charge in [-0.25, -0.2) is 0 Å². The van der Waals surface area contributed by atoms with Crippen LogP contribution in [0.1, 0.15) is 39.0 Å². The predicted molar refractivity (Wildman–Crippen MR) is 66.3 cm³/mol. The standard InChI is InChI=1S/C11H28N4/c1-9(8-13)11(15)6-5-10(14)4-2-3-7-12/h9-11H,2-8,12-15H2,1H3. The molecule has 0 aromatic heterocycles. The van der Waals surface area contributed by atoms with Crippen molar-refractivity contribution in [2.75, 3.05) is 13.1 Å². The zero-order chi connectivity index (χ0) is 11.7. The van der Waals surface area contributed by atoms with Crippen molar-refractivity contribution in [3.8, 4) is 0 Å². The second kappa shape index (κ2) is 9.09. The second-order valence-corrected chi connectivity index (χ2v) is 4.50. The van der Waals surface area contributed by atoms with Crippen molar-refractivity contribution in [2.24, 2.45) is 28.9 Å². The fourth-order valence-corrected chi connectivity index (χ4v) is 1.56. The van der Waals surface area contributed by atoms with E-state index in [1.54, 1.807) is 0 Å². The van der Waals surface area contributed by atoms with Gasteiger partial charge in [-0.1, -0.05) is 13.3 Å². The predicted octanol–water partition coefficient (Wildman–Crippen LogP) is 0.145. The monoisotopic (exact) mass is 216 g/mol. The van der Waals surface area contributed by atoms with Crippen LogP contribution in [0.25, 0.3) is 0 Å². The molecule has 0 rings (SSSR count). The summed E-state index contributed by atoms with van der Waals surface area (Å²) in [5, 5.41) is 0. The summed E-state index contributed by atoms with van der Waals surface area (Å²) in [7, 11) is 0. The van der Waals surface area contributed by atoms with Crippen LogP contribution in [0.15, 0.2) is 0 Å². The topological polar surface area (TPSA) is 104 Å². The third-order valence-electron chi connectivity index (χ3n) is 3.00. The second-order valence-electron chi connectivity index (χ2n) is 4.50. The summed E-state index contributed by atoms with van der Waals surface area (Å²) >= 11 is 0. The zero-order valence-electron chi connectivity index (χ0n) is 9.99. The highest BCUT2D eigenvalue weighted by molar-refractivity contribution is 4.73. The summed E-state index contributed by atoms with van der Waals surface area (Å²) in [4.78, 5) is 0. The van der Waals surface area contributed by atoms with Gasteiger partial charge in [-0.3, -0.25) is 0 Å². The molecule has 0 aliphatic rings. The highest BCUT2D eigenvalue weighted by Crippen LogP contribution is 2.10. The molecule has 15 heavy (non-hydrogen) atoms. The van der Waals surface area contributed by atoms with Crippen molar-refractivity contribution in [3.63, 3.8) is 0 Å². The van der Waals surface area contributed by atoms with Gasteiger partial charge in [0.15, 0.2) is 0 Å². The fourth-order valence-electron chi connectivity index (χ4n) is 1.56. The first-order valence-corrected chi connectivity index (χ1v) is 6.03. The Bertz CT molecular complexity index is 141. The number of hydrogen-bond donors (Lipinski definition) is 4. The molecule has 0 heterocycles. The van der Waals surface area contributed by atoms with E-state index in [0.29, 0.717) is 12.5 Å². The molecule has 4 heteroatoms. The average Bonchev–Trinajstić information content (AvgIpc) is 2.25. The highest BCUT2D eigenvalue weighted by Gasteiger charge is 2.12. The molecule has 4 nitrogen and oxygen atoms in total. The number of unbranched alkanes of at least 4 members (excludes halogenated alkanes) is 1. The van der Waals surface area contributed by atoms with Gasteiger partial charge >= 0.3 is 0 Å². The maximum absolute atomic E-state index is 5.98. The molecule has 0 bridgehead atoms. The molecule has 0 aliphatic heterocycles. The zero-order valence-corrected chi connectivity index (χ0v) is 9.99. The van der Waals surface area contributed by atoms with E-state index >= 15 is 0 Å². The van der Waals surface area contributed by atoms with Gasteiger partial charge in [0.25, 0.3) is 0 Å². The maximum Gasteiger partial charge on any atom is 0.00771 e. The van der Waals surface area contributed by atoms with Crippen LogP contribution < -0.4 is 22.9 Å². The first-order valence-electron chi connectivity index (χ1n) is 6.03. The number of hydrogen-bond acceptors (Lipinski definition) is 4. The van der Waals surface area contributed by atoms with Gasteiger partial charge in [-0.05, 0) is 44.7 Å². The Morgan fingerprint density at radius 3 is 2.13 bits per heavy atom. The molecular formula is C11H28N4. The Morgan fingerprint density at radius 2 is 1.60 bits per heavy atom. The molecular weight excluding hydrogens is 188 g/mol. The average molecular weight is 216 g/mol. The Hall–Kier alpha value is -0.160. The van der Waals surface area contributed by atoms with E-state index in [0.717, 1.165) is 38.6 Å². The molecule has 0 saturated carbocycles. The molecule has 0 spiro atoms. The van der Waals surface area contributed by atoms with Gasteiger partial charge in [-0.2, -0.15) is 0 Å². The van der Waals surface area contributed by atoms with Crippen LogP contribution >= 0.6 is 0 Å². The van der Waals surface area contributed by atoms with Gasteiger partial charge in [0, 0.05) is 12.1 Å². The van der Waals surface area contributed by atoms with E-state index in [9.17, 15) is 0 Å². The lowest BCUT2D eigenvalue weighted by molar-refractivity contribution is 0.402. The summed E-state index contributed by atoms with van der Waals surface area (Å²) < 4.78 is 0. The lowest BCUT2D eigenvalue weighted by Gasteiger charge is -2.20. The molecule has 3 atom stereocenters. The first-order chi connectivity index (χ1) is 7.11. The molecule has 0 saturated heterocycles. The minimum atomic E-state index is 0.190. The molecule has 0 aromatic rings. The van der Waals surface area contributed by atoms with Gasteiger partial charge in [0.2, 0.25) is 0 Å². The third kappa shape index (κ3) is 7.73. The van der Waals surface area contributed by atoms with E-state index in [-0.39, 0.29) is 12.1 Å². The van der Waals surface area contributed by atoms with Gasteiger partial charge < -0.3 is 22.9 Å². The third-order valence-corrected chi connectivity index (χ3v) is 3.00. The van der Waals surface area contributed by atoms with E-state index in [1.165, 1.54) is 0 Å². The van der Waals surface area contributed by atoms with Crippen LogP contribution in [-0.2, 0) is 0 Å².